The van der Waals surface area contributed by atoms with E-state index in [0.29, 0.717) is 18.6 Å². The average Bonchev–Trinajstić information content (AvgIpc) is 2.87. The molecule has 1 aliphatic heterocycles. The summed E-state index contributed by atoms with van der Waals surface area (Å²) in [5.74, 6) is 0.868. The molecule has 3 atom stereocenters. The molecule has 1 saturated carbocycles. The number of carbonyl (C=O) groups excluding carboxylic acids is 1. The zero-order valence-electron chi connectivity index (χ0n) is 9.08. The van der Waals surface area contributed by atoms with Gasteiger partial charge >= 0.3 is 0 Å². The van der Waals surface area contributed by atoms with Crippen molar-refractivity contribution in [2.75, 3.05) is 19.8 Å². The van der Waals surface area contributed by atoms with Gasteiger partial charge in [-0.05, 0) is 38.1 Å². The van der Waals surface area contributed by atoms with Crippen LogP contribution in [0, 0.1) is 11.8 Å². The maximum atomic E-state index is 11.8. The molecule has 2 fully saturated rings. The first-order valence-electron chi connectivity index (χ1n) is 5.87. The van der Waals surface area contributed by atoms with Gasteiger partial charge in [0.05, 0.1) is 12.5 Å². The fraction of sp³-hybridized carbons (Fsp3) is 0.909. The predicted octanol–water partition coefficient (Wildman–Crippen LogP) is 0.266. The number of nitrogens with two attached hydrogens (primary N) is 1. The summed E-state index contributed by atoms with van der Waals surface area (Å²) in [6.45, 7) is 2.08. The Morgan fingerprint density at radius 1 is 1.40 bits per heavy atom. The molecule has 1 aliphatic carbocycles. The number of rotatable bonds is 3. The third kappa shape index (κ3) is 2.69. The molecule has 1 amide bonds. The van der Waals surface area contributed by atoms with Gasteiger partial charge in [-0.25, -0.2) is 0 Å². The fourth-order valence-electron chi connectivity index (χ4n) is 2.48. The van der Waals surface area contributed by atoms with Gasteiger partial charge in [-0.1, -0.05) is 0 Å². The van der Waals surface area contributed by atoms with Crippen molar-refractivity contribution in [2.45, 2.75) is 31.7 Å². The second-order valence-electron chi connectivity index (χ2n) is 4.68. The van der Waals surface area contributed by atoms with Crippen molar-refractivity contribution in [1.29, 1.82) is 0 Å². The standard InChI is InChI=1S/C11H20N2O2/c12-6-8-1-2-10(5-8)13-11(14)9-3-4-15-7-9/h8-10H,1-7,12H2,(H,13,14)/t8-,9?,10+/m0/s1. The summed E-state index contributed by atoms with van der Waals surface area (Å²) in [5, 5.41) is 3.11. The topological polar surface area (TPSA) is 64.3 Å². The van der Waals surface area contributed by atoms with Crippen molar-refractivity contribution < 1.29 is 9.53 Å². The number of carbonyl (C=O) groups is 1. The van der Waals surface area contributed by atoms with Gasteiger partial charge in [-0.15, -0.1) is 0 Å². The van der Waals surface area contributed by atoms with E-state index in [1.54, 1.807) is 0 Å². The Labute approximate surface area is 90.5 Å². The number of ether oxygens (including phenoxy) is 1. The Morgan fingerprint density at radius 2 is 2.27 bits per heavy atom. The lowest BCUT2D eigenvalue weighted by Gasteiger charge is -2.15. The maximum absolute atomic E-state index is 11.8. The van der Waals surface area contributed by atoms with Gasteiger partial charge in [0.1, 0.15) is 0 Å². The SMILES string of the molecule is NC[C@H]1CC[C@@H](NC(=O)C2CCOC2)C1. The Morgan fingerprint density at radius 3 is 2.87 bits per heavy atom. The highest BCUT2D eigenvalue weighted by molar-refractivity contribution is 5.79. The van der Waals surface area contributed by atoms with Crippen LogP contribution < -0.4 is 11.1 Å². The van der Waals surface area contributed by atoms with Crippen LogP contribution in [0.2, 0.25) is 0 Å². The van der Waals surface area contributed by atoms with E-state index >= 15 is 0 Å². The number of nitrogens with one attached hydrogen (secondary N) is 1. The van der Waals surface area contributed by atoms with Crippen LogP contribution >= 0.6 is 0 Å². The minimum Gasteiger partial charge on any atom is -0.381 e. The van der Waals surface area contributed by atoms with Crippen molar-refractivity contribution >= 4 is 5.91 Å². The first kappa shape index (κ1) is 10.9. The van der Waals surface area contributed by atoms with Gasteiger partial charge in [0.2, 0.25) is 5.91 Å². The molecule has 1 saturated heterocycles. The molecule has 4 heteroatoms. The summed E-state index contributed by atoms with van der Waals surface area (Å²) in [7, 11) is 0. The van der Waals surface area contributed by atoms with E-state index in [1.807, 2.05) is 0 Å². The molecule has 1 heterocycles. The molecule has 1 unspecified atom stereocenters. The number of hydrogen-bond acceptors (Lipinski definition) is 3. The van der Waals surface area contributed by atoms with Crippen molar-refractivity contribution in [3.8, 4) is 0 Å². The molecule has 3 N–H and O–H groups in total. The fourth-order valence-corrected chi connectivity index (χ4v) is 2.48. The summed E-state index contributed by atoms with van der Waals surface area (Å²) >= 11 is 0. The molecule has 0 aromatic heterocycles. The molecule has 15 heavy (non-hydrogen) atoms. The van der Waals surface area contributed by atoms with Crippen molar-refractivity contribution in [3.05, 3.63) is 0 Å². The Bertz CT molecular complexity index is 227. The van der Waals surface area contributed by atoms with Gasteiger partial charge in [0.25, 0.3) is 0 Å². The average molecular weight is 212 g/mol. The highest BCUT2D eigenvalue weighted by Gasteiger charge is 2.29. The second-order valence-corrected chi connectivity index (χ2v) is 4.68. The van der Waals surface area contributed by atoms with Gasteiger partial charge in [-0.2, -0.15) is 0 Å². The predicted molar refractivity (Wildman–Crippen MR) is 57.3 cm³/mol. The molecule has 2 rings (SSSR count). The van der Waals surface area contributed by atoms with Gasteiger partial charge in [-0.3, -0.25) is 4.79 Å². The monoisotopic (exact) mass is 212 g/mol. The van der Waals surface area contributed by atoms with E-state index < -0.39 is 0 Å². The minimum atomic E-state index is 0.0851. The van der Waals surface area contributed by atoms with E-state index in [-0.39, 0.29) is 11.8 Å². The Kier molecular flexibility index (Phi) is 3.59. The summed E-state index contributed by atoms with van der Waals surface area (Å²) in [6.07, 6.45) is 4.17. The normalized spacial score (nSPS) is 35.7. The van der Waals surface area contributed by atoms with Crippen LogP contribution in [0.1, 0.15) is 25.7 Å². The van der Waals surface area contributed by atoms with Crippen LogP contribution in [-0.4, -0.2) is 31.7 Å². The van der Waals surface area contributed by atoms with Crippen LogP contribution in [0.15, 0.2) is 0 Å². The lowest BCUT2D eigenvalue weighted by molar-refractivity contribution is -0.125. The minimum absolute atomic E-state index is 0.0851. The van der Waals surface area contributed by atoms with Crippen molar-refractivity contribution in [2.24, 2.45) is 17.6 Å². The van der Waals surface area contributed by atoms with Crippen molar-refractivity contribution in [3.63, 3.8) is 0 Å². The summed E-state index contributed by atoms with van der Waals surface area (Å²) in [5.41, 5.74) is 5.62. The zero-order chi connectivity index (χ0) is 10.7. The van der Waals surface area contributed by atoms with Crippen molar-refractivity contribution in [1.82, 2.24) is 5.32 Å². The molecule has 4 nitrogen and oxygen atoms in total. The molecule has 0 bridgehead atoms. The smallest absolute Gasteiger partial charge is 0.225 e. The molecular formula is C11H20N2O2. The first-order valence-corrected chi connectivity index (χ1v) is 5.87. The quantitative estimate of drug-likeness (QED) is 0.705. The van der Waals surface area contributed by atoms with Crippen LogP contribution in [0.4, 0.5) is 0 Å². The highest BCUT2D eigenvalue weighted by Crippen LogP contribution is 2.25. The molecule has 86 valence electrons. The molecular weight excluding hydrogens is 192 g/mol. The largest absolute Gasteiger partial charge is 0.381 e. The summed E-state index contributed by atoms with van der Waals surface area (Å²) in [6, 6.07) is 0.353. The number of hydrogen-bond donors (Lipinski definition) is 2. The summed E-state index contributed by atoms with van der Waals surface area (Å²) < 4.78 is 5.20. The lowest BCUT2D eigenvalue weighted by Crippen LogP contribution is -2.38. The zero-order valence-corrected chi connectivity index (χ0v) is 9.08. The van der Waals surface area contributed by atoms with E-state index in [0.717, 1.165) is 38.8 Å². The van der Waals surface area contributed by atoms with Crippen LogP contribution in [-0.2, 0) is 9.53 Å². The molecule has 2 aliphatic rings. The van der Waals surface area contributed by atoms with E-state index in [9.17, 15) is 4.79 Å². The highest BCUT2D eigenvalue weighted by atomic mass is 16.5. The van der Waals surface area contributed by atoms with E-state index in [1.165, 1.54) is 0 Å². The van der Waals surface area contributed by atoms with Gasteiger partial charge < -0.3 is 15.8 Å². The summed E-state index contributed by atoms with van der Waals surface area (Å²) in [4.78, 5) is 11.8. The van der Waals surface area contributed by atoms with Crippen LogP contribution in [0.3, 0.4) is 0 Å². The molecule has 0 aromatic carbocycles. The van der Waals surface area contributed by atoms with E-state index in [4.69, 9.17) is 10.5 Å². The Hall–Kier alpha value is -0.610. The molecule has 0 spiro atoms. The number of amides is 1. The molecule has 0 radical (unpaired) electrons. The maximum Gasteiger partial charge on any atom is 0.225 e. The third-order valence-corrected chi connectivity index (χ3v) is 3.52. The van der Waals surface area contributed by atoms with Crippen LogP contribution in [0.25, 0.3) is 0 Å². The van der Waals surface area contributed by atoms with Gasteiger partial charge in [0, 0.05) is 12.6 Å². The third-order valence-electron chi connectivity index (χ3n) is 3.52. The van der Waals surface area contributed by atoms with E-state index in [2.05, 4.69) is 5.32 Å². The second kappa shape index (κ2) is 4.94. The first-order chi connectivity index (χ1) is 7.29. The van der Waals surface area contributed by atoms with Gasteiger partial charge in [0.15, 0.2) is 0 Å². The molecule has 0 aromatic rings. The lowest BCUT2D eigenvalue weighted by atomic mass is 10.1. The Balaban J connectivity index is 1.74. The van der Waals surface area contributed by atoms with Crippen LogP contribution in [0.5, 0.6) is 0 Å².